The molecule has 4 nitrogen and oxygen atoms in total. The number of nitrogens with zero attached hydrogens (tertiary/aromatic N) is 2. The molecule has 0 aliphatic heterocycles. The summed E-state index contributed by atoms with van der Waals surface area (Å²) in [5, 5.41) is 10.1. The normalized spacial score (nSPS) is 14.5. The van der Waals surface area contributed by atoms with E-state index in [9.17, 15) is 4.79 Å². The first-order valence-corrected chi connectivity index (χ1v) is 5.15. The van der Waals surface area contributed by atoms with Crippen molar-refractivity contribution in [3.63, 3.8) is 0 Å². The van der Waals surface area contributed by atoms with E-state index in [2.05, 4.69) is 19.9 Å². The largest absolute Gasteiger partial charge is 0.275 e. The minimum Gasteiger partial charge on any atom is -0.275 e. The van der Waals surface area contributed by atoms with Crippen LogP contribution in [0.1, 0.15) is 27.2 Å². The fourth-order valence-electron chi connectivity index (χ4n) is 1.59. The summed E-state index contributed by atoms with van der Waals surface area (Å²) in [6.45, 7) is 6.08. The Balaban J connectivity index is 4.49. The van der Waals surface area contributed by atoms with E-state index >= 15 is 0 Å². The number of hydrogen-bond acceptors (Lipinski definition) is 3. The molecule has 0 N–H and O–H groups in total. The summed E-state index contributed by atoms with van der Waals surface area (Å²) in [6, 6.07) is 2.05. The van der Waals surface area contributed by atoms with Gasteiger partial charge in [0.2, 0.25) is 0 Å². The van der Waals surface area contributed by atoms with Gasteiger partial charge in [-0.05, 0) is 18.3 Å². The van der Waals surface area contributed by atoms with Gasteiger partial charge in [0.05, 0.1) is 13.2 Å². The number of carbonyl (C=O) groups excluding carboxylic acids is 1. The van der Waals surface area contributed by atoms with Crippen LogP contribution in [-0.2, 0) is 9.63 Å². The van der Waals surface area contributed by atoms with Crippen LogP contribution in [0.5, 0.6) is 0 Å². The van der Waals surface area contributed by atoms with Crippen LogP contribution in [0.4, 0.5) is 0 Å². The molecule has 0 saturated heterocycles. The van der Waals surface area contributed by atoms with E-state index in [1.807, 2.05) is 6.92 Å². The Bertz CT molecular complexity index is 245. The molecule has 0 heterocycles. The van der Waals surface area contributed by atoms with Gasteiger partial charge in [-0.25, -0.2) is 5.06 Å². The Labute approximate surface area is 91.8 Å². The average molecular weight is 212 g/mol. The van der Waals surface area contributed by atoms with Crippen LogP contribution in [0.3, 0.4) is 0 Å². The van der Waals surface area contributed by atoms with Crippen molar-refractivity contribution in [1.29, 1.82) is 5.26 Å². The van der Waals surface area contributed by atoms with Crippen LogP contribution < -0.4 is 0 Å². The molecule has 0 aromatic carbocycles. The van der Waals surface area contributed by atoms with Crippen molar-refractivity contribution in [1.82, 2.24) is 5.06 Å². The van der Waals surface area contributed by atoms with Crippen LogP contribution in [0.25, 0.3) is 0 Å². The third-order valence-electron chi connectivity index (χ3n) is 2.40. The standard InChI is InChI=1S/C11H20N2O2/c1-8(2)6-9(3)10(7-12)11(14)13(4)15-5/h8-10H,6H2,1-5H3. The van der Waals surface area contributed by atoms with Gasteiger partial charge >= 0.3 is 0 Å². The van der Waals surface area contributed by atoms with Gasteiger partial charge in [0.1, 0.15) is 5.92 Å². The number of hydrogen-bond donors (Lipinski definition) is 0. The number of hydroxylamine groups is 2. The summed E-state index contributed by atoms with van der Waals surface area (Å²) in [7, 11) is 2.94. The molecule has 1 amide bonds. The van der Waals surface area contributed by atoms with E-state index in [1.54, 1.807) is 0 Å². The smallest absolute Gasteiger partial charge is 0.263 e. The van der Waals surface area contributed by atoms with Crippen LogP contribution in [0.15, 0.2) is 0 Å². The molecule has 0 aliphatic carbocycles. The minimum absolute atomic E-state index is 0.0556. The highest BCUT2D eigenvalue weighted by molar-refractivity contribution is 5.80. The van der Waals surface area contributed by atoms with E-state index in [0.29, 0.717) is 5.92 Å². The molecular formula is C11H20N2O2. The van der Waals surface area contributed by atoms with Crippen LogP contribution in [0, 0.1) is 29.1 Å². The molecule has 0 fully saturated rings. The lowest BCUT2D eigenvalue weighted by molar-refractivity contribution is -0.173. The Morgan fingerprint density at radius 2 is 2.00 bits per heavy atom. The third-order valence-corrected chi connectivity index (χ3v) is 2.40. The summed E-state index contributed by atoms with van der Waals surface area (Å²) in [4.78, 5) is 16.5. The first kappa shape index (κ1) is 13.9. The predicted octanol–water partition coefficient (Wildman–Crippen LogP) is 1.83. The molecule has 15 heavy (non-hydrogen) atoms. The monoisotopic (exact) mass is 212 g/mol. The maximum atomic E-state index is 11.7. The second-order valence-electron chi connectivity index (χ2n) is 4.23. The van der Waals surface area contributed by atoms with Gasteiger partial charge in [0.25, 0.3) is 5.91 Å². The van der Waals surface area contributed by atoms with Gasteiger partial charge in [0.15, 0.2) is 0 Å². The highest BCUT2D eigenvalue weighted by Gasteiger charge is 2.28. The molecular weight excluding hydrogens is 192 g/mol. The molecule has 0 saturated carbocycles. The van der Waals surface area contributed by atoms with Crippen LogP contribution in [0.2, 0.25) is 0 Å². The first-order valence-electron chi connectivity index (χ1n) is 5.15. The van der Waals surface area contributed by atoms with Gasteiger partial charge < -0.3 is 0 Å². The van der Waals surface area contributed by atoms with E-state index in [0.717, 1.165) is 11.5 Å². The van der Waals surface area contributed by atoms with Crippen LogP contribution in [-0.4, -0.2) is 25.1 Å². The van der Waals surface area contributed by atoms with Gasteiger partial charge in [-0.15, -0.1) is 0 Å². The molecule has 0 aromatic heterocycles. The number of carbonyl (C=O) groups is 1. The van der Waals surface area contributed by atoms with Crippen molar-refractivity contribution in [2.24, 2.45) is 17.8 Å². The molecule has 0 bridgehead atoms. The highest BCUT2D eigenvalue weighted by Crippen LogP contribution is 2.21. The summed E-state index contributed by atoms with van der Waals surface area (Å²) in [6.07, 6.45) is 0.863. The maximum Gasteiger partial charge on any atom is 0.263 e. The lowest BCUT2D eigenvalue weighted by Gasteiger charge is -2.22. The zero-order valence-corrected chi connectivity index (χ0v) is 10.2. The number of nitriles is 1. The van der Waals surface area contributed by atoms with Crippen molar-refractivity contribution in [3.8, 4) is 6.07 Å². The predicted molar refractivity (Wildman–Crippen MR) is 57.5 cm³/mol. The van der Waals surface area contributed by atoms with E-state index < -0.39 is 5.92 Å². The van der Waals surface area contributed by atoms with Crippen molar-refractivity contribution in [2.45, 2.75) is 27.2 Å². The summed E-state index contributed by atoms with van der Waals surface area (Å²) < 4.78 is 0. The van der Waals surface area contributed by atoms with Crippen LogP contribution >= 0.6 is 0 Å². The van der Waals surface area contributed by atoms with E-state index in [1.165, 1.54) is 14.2 Å². The average Bonchev–Trinajstić information content (AvgIpc) is 2.16. The SMILES string of the molecule is CON(C)C(=O)C(C#N)C(C)CC(C)C. The number of rotatable bonds is 5. The van der Waals surface area contributed by atoms with Crippen molar-refractivity contribution < 1.29 is 9.63 Å². The lowest BCUT2D eigenvalue weighted by atomic mass is 9.87. The van der Waals surface area contributed by atoms with E-state index in [-0.39, 0.29) is 11.8 Å². The molecule has 0 spiro atoms. The Morgan fingerprint density at radius 1 is 1.47 bits per heavy atom. The molecule has 0 aliphatic rings. The fourth-order valence-corrected chi connectivity index (χ4v) is 1.59. The van der Waals surface area contributed by atoms with Gasteiger partial charge in [-0.1, -0.05) is 20.8 Å². The fraction of sp³-hybridized carbons (Fsp3) is 0.818. The van der Waals surface area contributed by atoms with Gasteiger partial charge in [-0.2, -0.15) is 5.26 Å². The van der Waals surface area contributed by atoms with Crippen molar-refractivity contribution in [2.75, 3.05) is 14.2 Å². The van der Waals surface area contributed by atoms with Gasteiger partial charge in [-0.3, -0.25) is 9.63 Å². The second kappa shape index (κ2) is 6.41. The van der Waals surface area contributed by atoms with Crippen molar-refractivity contribution in [3.05, 3.63) is 0 Å². The zero-order valence-electron chi connectivity index (χ0n) is 10.2. The maximum absolute atomic E-state index is 11.7. The summed E-state index contributed by atoms with van der Waals surface area (Å²) >= 11 is 0. The molecule has 4 heteroatoms. The molecule has 2 unspecified atom stereocenters. The topological polar surface area (TPSA) is 53.3 Å². The van der Waals surface area contributed by atoms with E-state index in [4.69, 9.17) is 10.1 Å². The number of amides is 1. The Morgan fingerprint density at radius 3 is 2.33 bits per heavy atom. The first-order chi connectivity index (χ1) is 6.93. The quantitative estimate of drug-likeness (QED) is 0.653. The third kappa shape index (κ3) is 4.30. The zero-order chi connectivity index (χ0) is 12.0. The molecule has 2 atom stereocenters. The second-order valence-corrected chi connectivity index (χ2v) is 4.23. The molecule has 0 radical (unpaired) electrons. The molecule has 86 valence electrons. The summed E-state index contributed by atoms with van der Waals surface area (Å²) in [5.41, 5.74) is 0. The highest BCUT2D eigenvalue weighted by atomic mass is 16.7. The summed E-state index contributed by atoms with van der Waals surface area (Å²) in [5.74, 6) is -0.345. The molecule has 0 aromatic rings. The van der Waals surface area contributed by atoms with Gasteiger partial charge in [0, 0.05) is 7.05 Å². The Kier molecular flexibility index (Phi) is 5.95. The Hall–Kier alpha value is -1.08. The lowest BCUT2D eigenvalue weighted by Crippen LogP contribution is -2.34. The van der Waals surface area contributed by atoms with Crippen molar-refractivity contribution >= 4 is 5.91 Å². The molecule has 0 rings (SSSR count). The minimum atomic E-state index is -0.614.